The van der Waals surface area contributed by atoms with Crippen LogP contribution in [0.15, 0.2) is 24.3 Å². The third kappa shape index (κ3) is 4.82. The van der Waals surface area contributed by atoms with Crippen molar-refractivity contribution >= 4 is 15.9 Å². The summed E-state index contributed by atoms with van der Waals surface area (Å²) in [5.74, 6) is -2.09. The predicted molar refractivity (Wildman–Crippen MR) is 66.2 cm³/mol. The largest absolute Gasteiger partial charge is 0.416 e. The molecule has 0 radical (unpaired) electrons. The van der Waals surface area contributed by atoms with E-state index in [9.17, 15) is 26.4 Å². The first-order valence-electron chi connectivity index (χ1n) is 5.42. The quantitative estimate of drug-likeness (QED) is 0.844. The number of amides is 1. The number of alkyl halides is 3. The first kappa shape index (κ1) is 16.4. The molecule has 3 N–H and O–H groups in total. The van der Waals surface area contributed by atoms with Crippen molar-refractivity contribution in [3.63, 3.8) is 0 Å². The Morgan fingerprint density at radius 3 is 2.45 bits per heavy atom. The molecule has 0 fully saturated rings. The maximum atomic E-state index is 12.6. The third-order valence-electron chi connectivity index (χ3n) is 2.51. The van der Waals surface area contributed by atoms with Gasteiger partial charge in [0, 0.05) is 6.54 Å². The van der Waals surface area contributed by atoms with E-state index in [-0.39, 0.29) is 5.56 Å². The van der Waals surface area contributed by atoms with Crippen molar-refractivity contribution in [2.75, 3.05) is 12.8 Å². The molecule has 1 aromatic rings. The number of carbonyl (C=O) groups is 1. The van der Waals surface area contributed by atoms with E-state index in [0.29, 0.717) is 0 Å². The standard InChI is InChI=1S/C11H13F3N2O3S/c1-20(18,19)16-6-9(10(15)17)7-3-2-4-8(5-7)11(12,13)14/h2-5,9,16H,6H2,1H3,(H2,15,17). The fourth-order valence-corrected chi connectivity index (χ4v) is 2.02. The van der Waals surface area contributed by atoms with Gasteiger partial charge in [-0.1, -0.05) is 18.2 Å². The molecule has 1 aromatic carbocycles. The van der Waals surface area contributed by atoms with E-state index in [1.54, 1.807) is 0 Å². The minimum atomic E-state index is -4.55. The highest BCUT2D eigenvalue weighted by Gasteiger charge is 2.31. The third-order valence-corrected chi connectivity index (χ3v) is 3.20. The van der Waals surface area contributed by atoms with Crippen molar-refractivity contribution in [1.82, 2.24) is 4.72 Å². The number of rotatable bonds is 5. The molecule has 0 aromatic heterocycles. The number of nitrogens with two attached hydrogens (primary N) is 1. The van der Waals surface area contributed by atoms with Crippen LogP contribution in [-0.4, -0.2) is 27.1 Å². The van der Waals surface area contributed by atoms with E-state index in [4.69, 9.17) is 5.73 Å². The second-order valence-corrected chi connectivity index (χ2v) is 6.03. The predicted octanol–water partition coefficient (Wildman–Crippen LogP) is 0.824. The van der Waals surface area contributed by atoms with E-state index in [2.05, 4.69) is 4.72 Å². The van der Waals surface area contributed by atoms with Crippen molar-refractivity contribution in [2.45, 2.75) is 12.1 Å². The lowest BCUT2D eigenvalue weighted by Gasteiger charge is -2.16. The van der Waals surface area contributed by atoms with Crippen molar-refractivity contribution in [2.24, 2.45) is 5.73 Å². The summed E-state index contributed by atoms with van der Waals surface area (Å²) >= 11 is 0. The monoisotopic (exact) mass is 310 g/mol. The number of carbonyl (C=O) groups excluding carboxylic acids is 1. The first-order chi connectivity index (χ1) is 9.00. The average Bonchev–Trinajstić information content (AvgIpc) is 2.26. The highest BCUT2D eigenvalue weighted by molar-refractivity contribution is 7.88. The lowest BCUT2D eigenvalue weighted by molar-refractivity contribution is -0.137. The molecular weight excluding hydrogens is 297 g/mol. The lowest BCUT2D eigenvalue weighted by Crippen LogP contribution is -2.34. The average molecular weight is 310 g/mol. The Morgan fingerprint density at radius 2 is 2.00 bits per heavy atom. The Morgan fingerprint density at radius 1 is 1.40 bits per heavy atom. The number of hydrogen-bond donors (Lipinski definition) is 2. The molecule has 5 nitrogen and oxygen atoms in total. The van der Waals surface area contributed by atoms with E-state index < -0.39 is 40.1 Å². The Kier molecular flexibility index (Phi) is 4.77. The van der Waals surface area contributed by atoms with Crippen molar-refractivity contribution in [3.8, 4) is 0 Å². The molecular formula is C11H13F3N2O3S. The molecule has 1 unspecified atom stereocenters. The summed E-state index contributed by atoms with van der Waals surface area (Å²) in [5.41, 5.74) is 4.18. The zero-order valence-corrected chi connectivity index (χ0v) is 11.3. The molecule has 9 heteroatoms. The maximum Gasteiger partial charge on any atom is 0.416 e. The Bertz CT molecular complexity index is 599. The Labute approximate surface area is 114 Å². The van der Waals surface area contributed by atoms with Crippen LogP contribution in [0, 0.1) is 0 Å². The van der Waals surface area contributed by atoms with E-state index in [0.717, 1.165) is 24.5 Å². The van der Waals surface area contributed by atoms with Gasteiger partial charge in [0.25, 0.3) is 0 Å². The summed E-state index contributed by atoms with van der Waals surface area (Å²) < 4.78 is 61.7. The number of benzene rings is 1. The second-order valence-electron chi connectivity index (χ2n) is 4.20. The summed E-state index contributed by atoms with van der Waals surface area (Å²) in [4.78, 5) is 11.3. The van der Waals surface area contributed by atoms with Gasteiger partial charge in [0.15, 0.2) is 0 Å². The summed E-state index contributed by atoms with van der Waals surface area (Å²) in [6.45, 7) is -0.393. The summed E-state index contributed by atoms with van der Waals surface area (Å²) in [5, 5.41) is 0. The van der Waals surface area contributed by atoms with Crippen LogP contribution in [0.5, 0.6) is 0 Å². The fourth-order valence-electron chi connectivity index (χ4n) is 1.55. The fraction of sp³-hybridized carbons (Fsp3) is 0.364. The zero-order valence-electron chi connectivity index (χ0n) is 10.4. The van der Waals surface area contributed by atoms with Gasteiger partial charge in [0.2, 0.25) is 15.9 Å². The van der Waals surface area contributed by atoms with Gasteiger partial charge >= 0.3 is 6.18 Å². The minimum Gasteiger partial charge on any atom is -0.369 e. The van der Waals surface area contributed by atoms with E-state index >= 15 is 0 Å². The molecule has 0 spiro atoms. The molecule has 0 heterocycles. The summed E-state index contributed by atoms with van der Waals surface area (Å²) in [6.07, 6.45) is -3.68. The van der Waals surface area contributed by atoms with Crippen LogP contribution >= 0.6 is 0 Å². The van der Waals surface area contributed by atoms with E-state index in [1.165, 1.54) is 6.07 Å². The molecule has 112 valence electrons. The topological polar surface area (TPSA) is 89.3 Å². The molecule has 0 saturated carbocycles. The van der Waals surface area contributed by atoms with Crippen LogP contribution in [0.1, 0.15) is 17.0 Å². The van der Waals surface area contributed by atoms with Gasteiger partial charge in [-0.3, -0.25) is 4.79 Å². The van der Waals surface area contributed by atoms with Gasteiger partial charge in [0.05, 0.1) is 17.7 Å². The van der Waals surface area contributed by atoms with Crippen LogP contribution in [0.3, 0.4) is 0 Å². The molecule has 0 aliphatic carbocycles. The van der Waals surface area contributed by atoms with Crippen molar-refractivity contribution < 1.29 is 26.4 Å². The van der Waals surface area contributed by atoms with Gasteiger partial charge in [-0.25, -0.2) is 13.1 Å². The molecule has 1 rings (SSSR count). The molecule has 0 aliphatic rings. The lowest BCUT2D eigenvalue weighted by atomic mass is 9.97. The van der Waals surface area contributed by atoms with Gasteiger partial charge in [-0.05, 0) is 11.6 Å². The normalized spacial score (nSPS) is 14.0. The van der Waals surface area contributed by atoms with Crippen molar-refractivity contribution in [1.29, 1.82) is 0 Å². The van der Waals surface area contributed by atoms with Crippen LogP contribution in [0.25, 0.3) is 0 Å². The van der Waals surface area contributed by atoms with Gasteiger partial charge in [-0.2, -0.15) is 13.2 Å². The summed E-state index contributed by atoms with van der Waals surface area (Å²) in [7, 11) is -3.58. The van der Waals surface area contributed by atoms with E-state index in [1.807, 2.05) is 0 Å². The maximum absolute atomic E-state index is 12.6. The molecule has 0 saturated heterocycles. The summed E-state index contributed by atoms with van der Waals surface area (Å²) in [6, 6.07) is 4.05. The number of hydrogen-bond acceptors (Lipinski definition) is 3. The van der Waals surface area contributed by atoms with Crippen LogP contribution in [0.2, 0.25) is 0 Å². The molecule has 1 amide bonds. The van der Waals surface area contributed by atoms with Crippen LogP contribution < -0.4 is 10.5 Å². The van der Waals surface area contributed by atoms with Crippen molar-refractivity contribution in [3.05, 3.63) is 35.4 Å². The highest BCUT2D eigenvalue weighted by atomic mass is 32.2. The molecule has 0 bridgehead atoms. The van der Waals surface area contributed by atoms with Crippen LogP contribution in [0.4, 0.5) is 13.2 Å². The number of primary amides is 1. The van der Waals surface area contributed by atoms with Gasteiger partial charge < -0.3 is 5.73 Å². The smallest absolute Gasteiger partial charge is 0.369 e. The Hall–Kier alpha value is -1.61. The number of halogens is 3. The van der Waals surface area contributed by atoms with Crippen LogP contribution in [-0.2, 0) is 21.0 Å². The zero-order chi connectivity index (χ0) is 15.6. The number of nitrogens with one attached hydrogen (secondary N) is 1. The Balaban J connectivity index is 3.07. The second kappa shape index (κ2) is 5.80. The highest BCUT2D eigenvalue weighted by Crippen LogP contribution is 2.31. The molecule has 20 heavy (non-hydrogen) atoms. The van der Waals surface area contributed by atoms with Gasteiger partial charge in [-0.15, -0.1) is 0 Å². The van der Waals surface area contributed by atoms with Gasteiger partial charge in [0.1, 0.15) is 0 Å². The molecule has 1 atom stereocenters. The number of sulfonamides is 1. The minimum absolute atomic E-state index is 0.00322. The first-order valence-corrected chi connectivity index (χ1v) is 7.31. The SMILES string of the molecule is CS(=O)(=O)NCC(C(N)=O)c1cccc(C(F)(F)F)c1. The molecule has 0 aliphatic heterocycles.